The smallest absolute Gasteiger partial charge is 0.416 e. The fourth-order valence-electron chi connectivity index (χ4n) is 2.39. The number of amides is 1. The number of hydrogen-bond acceptors (Lipinski definition) is 5. The van der Waals surface area contributed by atoms with Crippen molar-refractivity contribution >= 4 is 35.3 Å². The zero-order valence-corrected chi connectivity index (χ0v) is 13.7. The number of cyclic esters (lactones) is 1. The Kier molecular flexibility index (Phi) is 4.22. The molecular weight excluding hydrogens is 322 g/mol. The molecule has 2 heterocycles. The average Bonchev–Trinajstić information content (AvgIpc) is 2.54. The molecule has 0 saturated carbocycles. The van der Waals surface area contributed by atoms with E-state index in [-0.39, 0.29) is 0 Å². The van der Waals surface area contributed by atoms with E-state index in [1.54, 1.807) is 0 Å². The molecular formula is C15H14ClN3O2S. The molecule has 0 spiro atoms. The minimum absolute atomic E-state index is 0.314. The van der Waals surface area contributed by atoms with Gasteiger partial charge in [-0.25, -0.2) is 14.8 Å². The van der Waals surface area contributed by atoms with Crippen molar-refractivity contribution < 1.29 is 9.53 Å². The Morgan fingerprint density at radius 2 is 2.05 bits per heavy atom. The van der Waals surface area contributed by atoms with Crippen LogP contribution >= 0.6 is 23.4 Å². The summed E-state index contributed by atoms with van der Waals surface area (Å²) in [5.74, 6) is 0.525. The molecule has 0 aliphatic carbocycles. The molecule has 1 unspecified atom stereocenters. The number of fused-ring (bicyclic) bond motifs is 1. The van der Waals surface area contributed by atoms with Crippen LogP contribution in [0.1, 0.15) is 24.2 Å². The summed E-state index contributed by atoms with van der Waals surface area (Å²) < 4.78 is 5.57. The first kappa shape index (κ1) is 15.1. The van der Waals surface area contributed by atoms with Gasteiger partial charge < -0.3 is 4.74 Å². The molecule has 3 rings (SSSR count). The standard InChI is InChI=1S/C15H14ClN3O2S/c1-3-19-13-10(12(16)17-14(18-13)22-2)11(21-15(19)20)9-7-5-4-6-8-9/h4-8,11H,3H2,1-2H3. The third kappa shape index (κ3) is 2.53. The summed E-state index contributed by atoms with van der Waals surface area (Å²) in [6.07, 6.45) is 0.852. The molecule has 1 aliphatic heterocycles. The van der Waals surface area contributed by atoms with Crippen molar-refractivity contribution in [3.05, 3.63) is 46.6 Å². The number of carbonyl (C=O) groups is 1. The lowest BCUT2D eigenvalue weighted by atomic mass is 10.0. The maximum Gasteiger partial charge on any atom is 0.416 e. The van der Waals surface area contributed by atoms with Gasteiger partial charge in [-0.3, -0.25) is 4.90 Å². The molecule has 114 valence electrons. The van der Waals surface area contributed by atoms with Crippen molar-refractivity contribution in [2.75, 3.05) is 17.7 Å². The zero-order chi connectivity index (χ0) is 15.7. The van der Waals surface area contributed by atoms with Crippen LogP contribution in [0.3, 0.4) is 0 Å². The van der Waals surface area contributed by atoms with Crippen molar-refractivity contribution in [1.82, 2.24) is 9.97 Å². The topological polar surface area (TPSA) is 55.3 Å². The molecule has 22 heavy (non-hydrogen) atoms. The lowest BCUT2D eigenvalue weighted by molar-refractivity contribution is 0.117. The number of hydrogen-bond donors (Lipinski definition) is 0. The number of ether oxygens (including phenoxy) is 1. The van der Waals surface area contributed by atoms with Gasteiger partial charge in [-0.1, -0.05) is 53.7 Å². The molecule has 0 N–H and O–H groups in total. The molecule has 1 aliphatic rings. The van der Waals surface area contributed by atoms with Gasteiger partial charge in [-0.2, -0.15) is 0 Å². The van der Waals surface area contributed by atoms with Gasteiger partial charge in [-0.05, 0) is 18.7 Å². The SMILES string of the molecule is CCN1C(=O)OC(c2ccccc2)c2c(Cl)nc(SC)nc21. The van der Waals surface area contributed by atoms with Crippen molar-refractivity contribution in [1.29, 1.82) is 0 Å². The van der Waals surface area contributed by atoms with Gasteiger partial charge in [0.1, 0.15) is 5.15 Å². The van der Waals surface area contributed by atoms with Crippen molar-refractivity contribution in [3.8, 4) is 0 Å². The highest BCUT2D eigenvalue weighted by Gasteiger charge is 2.37. The highest BCUT2D eigenvalue weighted by molar-refractivity contribution is 7.98. The van der Waals surface area contributed by atoms with Crippen LogP contribution in [-0.2, 0) is 4.74 Å². The van der Waals surface area contributed by atoms with Crippen LogP contribution in [0.5, 0.6) is 0 Å². The van der Waals surface area contributed by atoms with E-state index in [4.69, 9.17) is 16.3 Å². The Balaban J connectivity index is 2.20. The zero-order valence-electron chi connectivity index (χ0n) is 12.1. The van der Waals surface area contributed by atoms with Gasteiger partial charge >= 0.3 is 6.09 Å². The maximum absolute atomic E-state index is 12.3. The number of halogens is 1. The van der Waals surface area contributed by atoms with Gasteiger partial charge in [0, 0.05) is 6.54 Å². The number of rotatable bonds is 3. The van der Waals surface area contributed by atoms with Crippen molar-refractivity contribution in [2.45, 2.75) is 18.2 Å². The van der Waals surface area contributed by atoms with E-state index in [2.05, 4.69) is 9.97 Å². The highest BCUT2D eigenvalue weighted by Crippen LogP contribution is 2.41. The van der Waals surface area contributed by atoms with Gasteiger partial charge in [0.2, 0.25) is 0 Å². The molecule has 0 saturated heterocycles. The normalized spacial score (nSPS) is 17.1. The van der Waals surface area contributed by atoms with Crippen molar-refractivity contribution in [2.24, 2.45) is 0 Å². The largest absolute Gasteiger partial charge is 0.436 e. The predicted molar refractivity (Wildman–Crippen MR) is 86.6 cm³/mol. The van der Waals surface area contributed by atoms with E-state index in [1.165, 1.54) is 16.7 Å². The minimum atomic E-state index is -0.588. The fraction of sp³-hybridized carbons (Fsp3) is 0.267. The Bertz CT molecular complexity index is 711. The summed E-state index contributed by atoms with van der Waals surface area (Å²) in [5.41, 5.74) is 1.47. The van der Waals surface area contributed by atoms with Crippen LogP contribution in [0.2, 0.25) is 5.15 Å². The second-order valence-corrected chi connectivity index (χ2v) is 5.79. The Morgan fingerprint density at radius 1 is 1.32 bits per heavy atom. The summed E-state index contributed by atoms with van der Waals surface area (Å²) >= 11 is 7.74. The number of aromatic nitrogens is 2. The average molecular weight is 336 g/mol. The summed E-state index contributed by atoms with van der Waals surface area (Å²) in [7, 11) is 0. The van der Waals surface area contributed by atoms with E-state index >= 15 is 0 Å². The molecule has 1 atom stereocenters. The second-order valence-electron chi connectivity index (χ2n) is 4.66. The summed E-state index contributed by atoms with van der Waals surface area (Å²) in [6, 6.07) is 9.47. The minimum Gasteiger partial charge on any atom is -0.436 e. The number of benzene rings is 1. The number of thioether (sulfide) groups is 1. The van der Waals surface area contributed by atoms with Crippen molar-refractivity contribution in [3.63, 3.8) is 0 Å². The van der Waals surface area contributed by atoms with Gasteiger partial charge in [-0.15, -0.1) is 0 Å². The fourth-order valence-corrected chi connectivity index (χ4v) is 3.06. The first-order valence-electron chi connectivity index (χ1n) is 6.80. The number of anilines is 1. The van der Waals surface area contributed by atoms with Gasteiger partial charge in [0.25, 0.3) is 0 Å². The van der Waals surface area contributed by atoms with Crippen LogP contribution in [0.4, 0.5) is 10.6 Å². The monoisotopic (exact) mass is 335 g/mol. The van der Waals surface area contributed by atoms with E-state index in [0.29, 0.717) is 28.2 Å². The summed E-state index contributed by atoms with van der Waals surface area (Å²) in [5, 5.41) is 0.845. The first-order chi connectivity index (χ1) is 10.7. The van der Waals surface area contributed by atoms with E-state index in [0.717, 1.165) is 5.56 Å². The Labute approximate surface area is 137 Å². The molecule has 0 radical (unpaired) electrons. The Hall–Kier alpha value is -1.79. The van der Waals surface area contributed by atoms with Gasteiger partial charge in [0.05, 0.1) is 5.56 Å². The first-order valence-corrected chi connectivity index (χ1v) is 8.40. The third-order valence-electron chi connectivity index (χ3n) is 3.42. The molecule has 5 nitrogen and oxygen atoms in total. The molecule has 2 aromatic rings. The molecule has 0 bridgehead atoms. The molecule has 1 amide bonds. The van der Waals surface area contributed by atoms with Crippen LogP contribution in [0.25, 0.3) is 0 Å². The van der Waals surface area contributed by atoms with E-state index in [1.807, 2.05) is 43.5 Å². The second kappa shape index (κ2) is 6.14. The van der Waals surface area contributed by atoms with E-state index in [9.17, 15) is 4.79 Å². The van der Waals surface area contributed by atoms with Crippen LogP contribution < -0.4 is 4.90 Å². The molecule has 0 fully saturated rings. The van der Waals surface area contributed by atoms with Crippen LogP contribution in [-0.4, -0.2) is 28.9 Å². The third-order valence-corrected chi connectivity index (χ3v) is 4.25. The molecule has 7 heteroatoms. The van der Waals surface area contributed by atoms with Crippen LogP contribution in [0, 0.1) is 0 Å². The van der Waals surface area contributed by atoms with Gasteiger partial charge in [0.15, 0.2) is 17.1 Å². The predicted octanol–water partition coefficient (Wildman–Crippen LogP) is 3.92. The highest BCUT2D eigenvalue weighted by atomic mass is 35.5. The number of nitrogens with zero attached hydrogens (tertiary/aromatic N) is 3. The summed E-state index contributed by atoms with van der Waals surface area (Å²) in [6.45, 7) is 2.32. The number of carbonyl (C=O) groups excluding carboxylic acids is 1. The molecule has 1 aromatic heterocycles. The van der Waals surface area contributed by atoms with Crippen LogP contribution in [0.15, 0.2) is 35.5 Å². The lowest BCUT2D eigenvalue weighted by Gasteiger charge is -2.32. The summed E-state index contributed by atoms with van der Waals surface area (Å²) in [4.78, 5) is 22.5. The maximum atomic E-state index is 12.3. The van der Waals surface area contributed by atoms with E-state index < -0.39 is 12.2 Å². The quantitative estimate of drug-likeness (QED) is 0.483. The Morgan fingerprint density at radius 3 is 2.68 bits per heavy atom. The lowest BCUT2D eigenvalue weighted by Crippen LogP contribution is -2.39. The molecule has 1 aromatic carbocycles.